The molecule has 3 heterocycles. The Morgan fingerprint density at radius 2 is 2.24 bits per heavy atom. The zero-order chi connectivity index (χ0) is 17.6. The second-order valence-electron chi connectivity index (χ2n) is 5.77. The molecule has 1 amide bonds. The zero-order valence-electron chi connectivity index (χ0n) is 13.3. The molecule has 0 saturated heterocycles. The SMILES string of the molecule is COC(=O)c1cc(F)cc2cc(CN3Cc4ccncc4C3=O)oc12. The zero-order valence-corrected chi connectivity index (χ0v) is 13.3. The van der Waals surface area contributed by atoms with Crippen LogP contribution in [0.4, 0.5) is 4.39 Å². The Kier molecular flexibility index (Phi) is 3.49. The van der Waals surface area contributed by atoms with Gasteiger partial charge >= 0.3 is 5.97 Å². The Morgan fingerprint density at radius 1 is 1.40 bits per heavy atom. The first-order valence-electron chi connectivity index (χ1n) is 7.59. The highest BCUT2D eigenvalue weighted by atomic mass is 19.1. The van der Waals surface area contributed by atoms with E-state index in [2.05, 4.69) is 9.72 Å². The van der Waals surface area contributed by atoms with Crippen LogP contribution in [0.15, 0.2) is 41.1 Å². The van der Waals surface area contributed by atoms with Crippen LogP contribution in [0.3, 0.4) is 0 Å². The molecule has 2 aromatic heterocycles. The topological polar surface area (TPSA) is 72.6 Å². The molecule has 1 aliphatic rings. The Hall–Kier alpha value is -3.22. The maximum absolute atomic E-state index is 13.7. The Morgan fingerprint density at radius 3 is 3.00 bits per heavy atom. The van der Waals surface area contributed by atoms with Crippen molar-refractivity contribution in [2.45, 2.75) is 13.1 Å². The van der Waals surface area contributed by atoms with Crippen molar-refractivity contribution in [3.05, 3.63) is 64.9 Å². The maximum Gasteiger partial charge on any atom is 0.341 e. The molecule has 0 spiro atoms. The molecule has 7 heteroatoms. The van der Waals surface area contributed by atoms with Gasteiger partial charge in [0.2, 0.25) is 0 Å². The number of halogens is 1. The summed E-state index contributed by atoms with van der Waals surface area (Å²) in [7, 11) is 1.22. The molecule has 0 aliphatic carbocycles. The van der Waals surface area contributed by atoms with Crippen molar-refractivity contribution in [1.29, 1.82) is 0 Å². The normalized spacial score (nSPS) is 13.4. The number of rotatable bonds is 3. The number of fused-ring (bicyclic) bond motifs is 2. The molecule has 0 radical (unpaired) electrons. The second-order valence-corrected chi connectivity index (χ2v) is 5.77. The fraction of sp³-hybridized carbons (Fsp3) is 0.167. The number of pyridine rings is 1. The van der Waals surface area contributed by atoms with Gasteiger partial charge in [-0.2, -0.15) is 0 Å². The van der Waals surface area contributed by atoms with Crippen LogP contribution in [0.5, 0.6) is 0 Å². The van der Waals surface area contributed by atoms with E-state index in [9.17, 15) is 14.0 Å². The fourth-order valence-corrected chi connectivity index (χ4v) is 3.03. The van der Waals surface area contributed by atoms with Crippen molar-refractivity contribution in [2.24, 2.45) is 0 Å². The summed E-state index contributed by atoms with van der Waals surface area (Å²) in [6.45, 7) is 0.663. The summed E-state index contributed by atoms with van der Waals surface area (Å²) in [5.41, 5.74) is 1.73. The van der Waals surface area contributed by atoms with E-state index in [0.717, 1.165) is 11.6 Å². The van der Waals surface area contributed by atoms with Crippen molar-refractivity contribution in [3.8, 4) is 0 Å². The van der Waals surface area contributed by atoms with E-state index in [1.54, 1.807) is 29.4 Å². The molecule has 1 aliphatic heterocycles. The molecular formula is C18H13FN2O4. The van der Waals surface area contributed by atoms with Gasteiger partial charge in [-0.3, -0.25) is 9.78 Å². The van der Waals surface area contributed by atoms with Crippen LogP contribution in [0, 0.1) is 5.82 Å². The van der Waals surface area contributed by atoms with Gasteiger partial charge in [0.1, 0.15) is 22.7 Å². The number of ether oxygens (including phenoxy) is 1. The molecular weight excluding hydrogens is 327 g/mol. The molecule has 3 aromatic rings. The average Bonchev–Trinajstić information content (AvgIpc) is 3.15. The first-order chi connectivity index (χ1) is 12.1. The van der Waals surface area contributed by atoms with Crippen LogP contribution < -0.4 is 0 Å². The molecule has 25 heavy (non-hydrogen) atoms. The molecule has 1 aromatic carbocycles. The van der Waals surface area contributed by atoms with Crippen LogP contribution in [0.25, 0.3) is 11.0 Å². The lowest BCUT2D eigenvalue weighted by Crippen LogP contribution is -2.22. The van der Waals surface area contributed by atoms with Crippen molar-refractivity contribution in [3.63, 3.8) is 0 Å². The van der Waals surface area contributed by atoms with Crippen molar-refractivity contribution >= 4 is 22.8 Å². The Balaban J connectivity index is 1.68. The molecule has 0 saturated carbocycles. The Labute approximate surface area is 141 Å². The highest BCUT2D eigenvalue weighted by Gasteiger charge is 2.28. The van der Waals surface area contributed by atoms with Crippen molar-refractivity contribution in [1.82, 2.24) is 9.88 Å². The summed E-state index contributed by atoms with van der Waals surface area (Å²) in [4.78, 5) is 29.8. The standard InChI is InChI=1S/C18H13FN2O4/c1-24-18(23)14-6-12(19)4-11-5-13(25-16(11)14)9-21-8-10-2-3-20-7-15(10)17(21)22/h2-7H,8-9H2,1H3. The van der Waals surface area contributed by atoms with Gasteiger partial charge in [0.05, 0.1) is 19.2 Å². The fourth-order valence-electron chi connectivity index (χ4n) is 3.03. The van der Waals surface area contributed by atoms with E-state index in [1.807, 2.05) is 0 Å². The highest BCUT2D eigenvalue weighted by Crippen LogP contribution is 2.28. The third-order valence-corrected chi connectivity index (χ3v) is 4.17. The monoisotopic (exact) mass is 340 g/mol. The lowest BCUT2D eigenvalue weighted by atomic mass is 10.1. The number of hydrogen-bond acceptors (Lipinski definition) is 5. The van der Waals surface area contributed by atoms with Crippen LogP contribution in [0.2, 0.25) is 0 Å². The van der Waals surface area contributed by atoms with Gasteiger partial charge in [0.25, 0.3) is 5.91 Å². The van der Waals surface area contributed by atoms with E-state index in [1.165, 1.54) is 13.2 Å². The first kappa shape index (κ1) is 15.3. The summed E-state index contributed by atoms with van der Waals surface area (Å²) in [6, 6.07) is 5.78. The predicted octanol–water partition coefficient (Wildman–Crippen LogP) is 2.91. The summed E-state index contributed by atoms with van der Waals surface area (Å²) < 4.78 is 24.1. The summed E-state index contributed by atoms with van der Waals surface area (Å²) in [5, 5.41) is 0.446. The van der Waals surface area contributed by atoms with Crippen LogP contribution in [0.1, 0.15) is 32.0 Å². The van der Waals surface area contributed by atoms with Gasteiger partial charge in [0, 0.05) is 24.3 Å². The number of benzene rings is 1. The van der Waals surface area contributed by atoms with E-state index < -0.39 is 11.8 Å². The van der Waals surface area contributed by atoms with Crippen molar-refractivity contribution in [2.75, 3.05) is 7.11 Å². The minimum absolute atomic E-state index is 0.0176. The number of carbonyl (C=O) groups is 2. The van der Waals surface area contributed by atoms with E-state index in [-0.39, 0.29) is 23.6 Å². The summed E-state index contributed by atoms with van der Waals surface area (Å²) in [5.74, 6) is -0.917. The number of aromatic nitrogens is 1. The first-order valence-corrected chi connectivity index (χ1v) is 7.59. The van der Waals surface area contributed by atoms with Crippen LogP contribution in [-0.2, 0) is 17.8 Å². The van der Waals surface area contributed by atoms with Gasteiger partial charge in [0.15, 0.2) is 0 Å². The molecule has 126 valence electrons. The lowest BCUT2D eigenvalue weighted by Gasteiger charge is -2.13. The smallest absolute Gasteiger partial charge is 0.341 e. The largest absolute Gasteiger partial charge is 0.465 e. The molecule has 6 nitrogen and oxygen atoms in total. The minimum Gasteiger partial charge on any atom is -0.465 e. The van der Waals surface area contributed by atoms with Crippen molar-refractivity contribution < 1.29 is 23.1 Å². The summed E-state index contributed by atoms with van der Waals surface area (Å²) in [6.07, 6.45) is 3.18. The van der Waals surface area contributed by atoms with Crippen LogP contribution in [-0.4, -0.2) is 28.9 Å². The second kappa shape index (κ2) is 5.70. The molecule has 0 unspecified atom stereocenters. The molecule has 0 atom stereocenters. The lowest BCUT2D eigenvalue weighted by molar-refractivity contribution is 0.0600. The number of nitrogens with zero attached hydrogens (tertiary/aromatic N) is 2. The number of furan rings is 1. The number of hydrogen-bond donors (Lipinski definition) is 0. The van der Waals surface area contributed by atoms with E-state index >= 15 is 0 Å². The van der Waals surface area contributed by atoms with E-state index in [4.69, 9.17) is 4.42 Å². The minimum atomic E-state index is -0.680. The van der Waals surface area contributed by atoms with E-state index in [0.29, 0.717) is 23.3 Å². The molecule has 4 rings (SSSR count). The third kappa shape index (κ3) is 2.53. The van der Waals surface area contributed by atoms with Gasteiger partial charge in [-0.05, 0) is 29.8 Å². The predicted molar refractivity (Wildman–Crippen MR) is 85.3 cm³/mol. The maximum atomic E-state index is 13.7. The van der Waals surface area contributed by atoms with Gasteiger partial charge < -0.3 is 14.1 Å². The summed E-state index contributed by atoms with van der Waals surface area (Å²) >= 11 is 0. The van der Waals surface area contributed by atoms with Gasteiger partial charge in [-0.15, -0.1) is 0 Å². The number of carbonyl (C=O) groups excluding carboxylic acids is 2. The molecule has 0 N–H and O–H groups in total. The highest BCUT2D eigenvalue weighted by molar-refractivity contribution is 6.02. The third-order valence-electron chi connectivity index (χ3n) is 4.17. The molecule has 0 fully saturated rings. The average molecular weight is 340 g/mol. The van der Waals surface area contributed by atoms with Crippen LogP contribution >= 0.6 is 0 Å². The van der Waals surface area contributed by atoms with Gasteiger partial charge in [-0.25, -0.2) is 9.18 Å². The quantitative estimate of drug-likeness (QED) is 0.686. The Bertz CT molecular complexity index is 1010. The number of esters is 1. The number of amides is 1. The molecule has 0 bridgehead atoms. The van der Waals surface area contributed by atoms with Gasteiger partial charge in [-0.1, -0.05) is 0 Å². The number of methoxy groups -OCH3 is 1.